The maximum Gasteiger partial charge on any atom is 0.269 e. The van der Waals surface area contributed by atoms with Crippen LogP contribution in [-0.2, 0) is 9.53 Å². The lowest BCUT2D eigenvalue weighted by molar-refractivity contribution is -0.384. The molecule has 11 heteroatoms. The van der Waals surface area contributed by atoms with Crippen LogP contribution in [0.15, 0.2) is 53.7 Å². The standard InChI is InChI=1S/C23H22N6O4S/c1-2-19(22(30)27-11-13-33-14-12-27)34-23-24-18-6-4-3-5-17(18)21-25-20(26-28(21)23)15-7-9-16(10-8-15)29(31)32/h3-10,19H,2,11-14H2,1H3/t19-/m1/s1. The monoisotopic (exact) mass is 478 g/mol. The van der Waals surface area contributed by atoms with E-state index in [-0.39, 0.29) is 16.8 Å². The Balaban J connectivity index is 1.56. The Morgan fingerprint density at radius 1 is 1.15 bits per heavy atom. The van der Waals surface area contributed by atoms with Crippen LogP contribution in [-0.4, -0.2) is 66.9 Å². The number of amides is 1. The van der Waals surface area contributed by atoms with Gasteiger partial charge in [0, 0.05) is 36.2 Å². The fourth-order valence-electron chi connectivity index (χ4n) is 3.88. The number of thioether (sulfide) groups is 1. The summed E-state index contributed by atoms with van der Waals surface area (Å²) < 4.78 is 7.05. The number of carbonyl (C=O) groups is 1. The minimum Gasteiger partial charge on any atom is -0.378 e. The molecular formula is C23H22N6O4S. The normalized spacial score (nSPS) is 15.0. The van der Waals surface area contributed by atoms with Gasteiger partial charge in [-0.2, -0.15) is 4.52 Å². The van der Waals surface area contributed by atoms with Crippen molar-refractivity contribution < 1.29 is 14.5 Å². The number of benzene rings is 2. The highest BCUT2D eigenvalue weighted by molar-refractivity contribution is 8.00. The molecule has 10 nitrogen and oxygen atoms in total. The summed E-state index contributed by atoms with van der Waals surface area (Å²) >= 11 is 1.38. The van der Waals surface area contributed by atoms with Crippen molar-refractivity contribution in [3.8, 4) is 11.4 Å². The average Bonchev–Trinajstić information content (AvgIpc) is 3.33. The molecule has 1 amide bonds. The smallest absolute Gasteiger partial charge is 0.269 e. The third-order valence-corrected chi connectivity index (χ3v) is 7.00. The Morgan fingerprint density at radius 2 is 1.88 bits per heavy atom. The van der Waals surface area contributed by atoms with E-state index in [1.807, 2.05) is 36.1 Å². The molecule has 0 saturated carbocycles. The van der Waals surface area contributed by atoms with Gasteiger partial charge in [-0.05, 0) is 30.7 Å². The molecule has 2 aromatic heterocycles. The lowest BCUT2D eigenvalue weighted by atomic mass is 10.2. The molecule has 5 rings (SSSR count). The summed E-state index contributed by atoms with van der Waals surface area (Å²) in [5.74, 6) is 0.497. The molecular weight excluding hydrogens is 456 g/mol. The molecule has 1 aliphatic heterocycles. The topological polar surface area (TPSA) is 116 Å². The van der Waals surface area contributed by atoms with Crippen molar-refractivity contribution >= 4 is 39.9 Å². The molecule has 174 valence electrons. The van der Waals surface area contributed by atoms with Crippen LogP contribution in [0, 0.1) is 10.1 Å². The highest BCUT2D eigenvalue weighted by Gasteiger charge is 2.27. The minimum atomic E-state index is -0.441. The molecule has 0 N–H and O–H groups in total. The summed E-state index contributed by atoms with van der Waals surface area (Å²) in [4.78, 5) is 35.1. The van der Waals surface area contributed by atoms with Gasteiger partial charge in [0.15, 0.2) is 16.6 Å². The van der Waals surface area contributed by atoms with Gasteiger partial charge in [-0.3, -0.25) is 14.9 Å². The molecule has 0 spiro atoms. The molecule has 1 fully saturated rings. The van der Waals surface area contributed by atoms with E-state index in [2.05, 4.69) is 5.10 Å². The summed E-state index contributed by atoms with van der Waals surface area (Å²) in [5.41, 5.74) is 2.04. The van der Waals surface area contributed by atoms with Gasteiger partial charge in [0.2, 0.25) is 5.91 Å². The maximum atomic E-state index is 13.2. The van der Waals surface area contributed by atoms with Gasteiger partial charge in [-0.25, -0.2) is 9.97 Å². The second kappa shape index (κ2) is 9.35. The van der Waals surface area contributed by atoms with Crippen LogP contribution in [0.25, 0.3) is 27.9 Å². The number of rotatable bonds is 6. The Labute approximate surface area is 199 Å². The lowest BCUT2D eigenvalue weighted by Crippen LogP contribution is -2.44. The van der Waals surface area contributed by atoms with Gasteiger partial charge in [-0.15, -0.1) is 5.10 Å². The number of nitro benzene ring substituents is 1. The third kappa shape index (κ3) is 4.19. The van der Waals surface area contributed by atoms with Crippen LogP contribution in [0.1, 0.15) is 13.3 Å². The van der Waals surface area contributed by atoms with Crippen LogP contribution < -0.4 is 0 Å². The maximum absolute atomic E-state index is 13.2. The Morgan fingerprint density at radius 3 is 2.59 bits per heavy atom. The van der Waals surface area contributed by atoms with E-state index in [9.17, 15) is 14.9 Å². The number of aromatic nitrogens is 4. The molecule has 0 unspecified atom stereocenters. The van der Waals surface area contributed by atoms with Gasteiger partial charge < -0.3 is 9.64 Å². The van der Waals surface area contributed by atoms with Gasteiger partial charge in [-0.1, -0.05) is 30.8 Å². The first kappa shape index (κ1) is 22.2. The third-order valence-electron chi connectivity index (χ3n) is 5.70. The average molecular weight is 479 g/mol. The number of nitrogens with zero attached hydrogens (tertiary/aromatic N) is 6. The quantitative estimate of drug-likeness (QED) is 0.179. The van der Waals surface area contributed by atoms with Crippen LogP contribution >= 0.6 is 11.8 Å². The van der Waals surface area contributed by atoms with E-state index < -0.39 is 4.92 Å². The van der Waals surface area contributed by atoms with E-state index in [4.69, 9.17) is 14.7 Å². The van der Waals surface area contributed by atoms with Crippen LogP contribution in [0.5, 0.6) is 0 Å². The molecule has 4 aromatic rings. The molecule has 1 aliphatic rings. The number of para-hydroxylation sites is 1. The molecule has 2 aromatic carbocycles. The number of morpholine rings is 1. The van der Waals surface area contributed by atoms with Crippen LogP contribution in [0.2, 0.25) is 0 Å². The van der Waals surface area contributed by atoms with Crippen LogP contribution in [0.3, 0.4) is 0 Å². The van der Waals surface area contributed by atoms with E-state index >= 15 is 0 Å². The molecule has 0 radical (unpaired) electrons. The number of hydrogen-bond acceptors (Lipinski definition) is 8. The Hall–Kier alpha value is -3.57. The van der Waals surface area contributed by atoms with Gasteiger partial charge in [0.05, 0.1) is 28.9 Å². The molecule has 0 bridgehead atoms. The van der Waals surface area contributed by atoms with Crippen molar-refractivity contribution in [1.82, 2.24) is 24.5 Å². The predicted molar refractivity (Wildman–Crippen MR) is 128 cm³/mol. The number of fused-ring (bicyclic) bond motifs is 3. The first-order valence-electron chi connectivity index (χ1n) is 11.0. The Kier molecular flexibility index (Phi) is 6.12. The zero-order valence-corrected chi connectivity index (χ0v) is 19.3. The van der Waals surface area contributed by atoms with E-state index in [0.29, 0.717) is 54.9 Å². The van der Waals surface area contributed by atoms with Gasteiger partial charge >= 0.3 is 0 Å². The first-order valence-corrected chi connectivity index (χ1v) is 11.9. The summed E-state index contributed by atoms with van der Waals surface area (Å²) in [6, 6.07) is 13.8. The predicted octanol–water partition coefficient (Wildman–Crippen LogP) is 3.58. The second-order valence-corrected chi connectivity index (χ2v) is 9.01. The van der Waals surface area contributed by atoms with E-state index in [1.165, 1.54) is 23.9 Å². The number of hydrogen-bond donors (Lipinski definition) is 0. The van der Waals surface area contributed by atoms with E-state index in [1.54, 1.807) is 16.6 Å². The number of ether oxygens (including phenoxy) is 1. The summed E-state index contributed by atoms with van der Waals surface area (Å²) in [5, 5.41) is 16.8. The number of carbonyl (C=O) groups excluding carboxylic acids is 1. The SMILES string of the molecule is CC[C@@H](Sc1nc2ccccc2c2nc(-c3ccc([N+](=O)[O-])cc3)nn12)C(=O)N1CCOCC1. The highest BCUT2D eigenvalue weighted by Crippen LogP contribution is 2.31. The molecule has 0 aliphatic carbocycles. The first-order chi connectivity index (χ1) is 16.5. The summed E-state index contributed by atoms with van der Waals surface area (Å²) in [7, 11) is 0. The van der Waals surface area contributed by atoms with Gasteiger partial charge in [0.25, 0.3) is 5.69 Å². The lowest BCUT2D eigenvalue weighted by Gasteiger charge is -2.29. The van der Waals surface area contributed by atoms with Crippen LogP contribution in [0.4, 0.5) is 5.69 Å². The van der Waals surface area contributed by atoms with Gasteiger partial charge in [0.1, 0.15) is 0 Å². The largest absolute Gasteiger partial charge is 0.378 e. The number of non-ortho nitro benzene ring substituents is 1. The van der Waals surface area contributed by atoms with Crippen molar-refractivity contribution in [2.24, 2.45) is 0 Å². The van der Waals surface area contributed by atoms with Crippen molar-refractivity contribution in [2.75, 3.05) is 26.3 Å². The van der Waals surface area contributed by atoms with E-state index in [0.717, 1.165) is 10.9 Å². The molecule has 1 atom stereocenters. The fourth-order valence-corrected chi connectivity index (χ4v) is 4.93. The zero-order valence-electron chi connectivity index (χ0n) is 18.5. The molecule has 34 heavy (non-hydrogen) atoms. The summed E-state index contributed by atoms with van der Waals surface area (Å²) in [6.07, 6.45) is 0.640. The Bertz CT molecular complexity index is 1370. The zero-order chi connectivity index (χ0) is 23.7. The minimum absolute atomic E-state index is 0.00304. The van der Waals surface area contributed by atoms with Crippen molar-refractivity contribution in [2.45, 2.75) is 23.8 Å². The van der Waals surface area contributed by atoms with Crippen molar-refractivity contribution in [3.05, 3.63) is 58.6 Å². The van der Waals surface area contributed by atoms with Crippen molar-refractivity contribution in [3.63, 3.8) is 0 Å². The van der Waals surface area contributed by atoms with Crippen molar-refractivity contribution in [1.29, 1.82) is 0 Å². The second-order valence-electron chi connectivity index (χ2n) is 7.84. The highest BCUT2D eigenvalue weighted by atomic mass is 32.2. The molecule has 1 saturated heterocycles. The fraction of sp³-hybridized carbons (Fsp3) is 0.304. The molecule has 3 heterocycles. The number of nitro groups is 1. The summed E-state index contributed by atoms with van der Waals surface area (Å²) in [6.45, 7) is 4.26.